The third-order valence-corrected chi connectivity index (χ3v) is 6.43. The van der Waals surface area contributed by atoms with Crippen LogP contribution in [0.25, 0.3) is 21.8 Å². The van der Waals surface area contributed by atoms with Gasteiger partial charge in [0, 0.05) is 11.9 Å². The zero-order chi connectivity index (χ0) is 21.3. The number of H-pyrrole nitrogens is 1. The highest BCUT2D eigenvalue weighted by Gasteiger charge is 2.19. The van der Waals surface area contributed by atoms with Gasteiger partial charge in [-0.25, -0.2) is 22.9 Å². The first-order valence-electron chi connectivity index (χ1n) is 8.98. The number of hydrogen-bond acceptors (Lipinski definition) is 4. The van der Waals surface area contributed by atoms with E-state index in [0.717, 1.165) is 0 Å². The molecule has 0 amide bonds. The average Bonchev–Trinajstić information content (AvgIpc) is 3.08. The van der Waals surface area contributed by atoms with E-state index in [1.165, 1.54) is 35.1 Å². The molecule has 0 aliphatic rings. The van der Waals surface area contributed by atoms with E-state index >= 15 is 0 Å². The van der Waals surface area contributed by atoms with Crippen molar-refractivity contribution in [1.82, 2.24) is 14.8 Å². The summed E-state index contributed by atoms with van der Waals surface area (Å²) in [4.78, 5) is 20.7. The lowest BCUT2D eigenvalue weighted by atomic mass is 10.1. The van der Waals surface area contributed by atoms with E-state index in [1.54, 1.807) is 49.4 Å². The van der Waals surface area contributed by atoms with Crippen LogP contribution in [0.4, 0.5) is 5.69 Å². The molecule has 30 heavy (non-hydrogen) atoms. The van der Waals surface area contributed by atoms with Crippen LogP contribution in [-0.2, 0) is 9.84 Å². The van der Waals surface area contributed by atoms with Gasteiger partial charge in [0.05, 0.1) is 21.9 Å². The van der Waals surface area contributed by atoms with Crippen molar-refractivity contribution in [3.05, 3.63) is 100 Å². The van der Waals surface area contributed by atoms with Crippen molar-refractivity contribution in [2.75, 3.05) is 0 Å². The molecule has 0 atom stereocenters. The number of rotatable bonds is 4. The first-order chi connectivity index (χ1) is 14.4. The normalized spacial score (nSPS) is 11.2. The van der Waals surface area contributed by atoms with Crippen LogP contribution in [0.15, 0.2) is 87.5 Å². The van der Waals surface area contributed by atoms with E-state index in [1.807, 2.05) is 0 Å². The zero-order valence-corrected chi connectivity index (χ0v) is 16.7. The van der Waals surface area contributed by atoms with Gasteiger partial charge in [0.15, 0.2) is 11.5 Å². The van der Waals surface area contributed by atoms with Crippen LogP contribution in [0.3, 0.4) is 0 Å². The highest BCUT2D eigenvalue weighted by Crippen LogP contribution is 2.24. The Kier molecular flexibility index (Phi) is 4.82. The Morgan fingerprint density at radius 1 is 0.967 bits per heavy atom. The van der Waals surface area contributed by atoms with Crippen LogP contribution in [0.1, 0.15) is 5.69 Å². The van der Waals surface area contributed by atoms with E-state index < -0.39 is 9.84 Å². The van der Waals surface area contributed by atoms with Crippen LogP contribution in [0.5, 0.6) is 0 Å². The quantitative estimate of drug-likeness (QED) is 0.511. The maximum absolute atomic E-state index is 13.0. The Morgan fingerprint density at radius 2 is 1.67 bits per heavy atom. The lowest BCUT2D eigenvalue weighted by Crippen LogP contribution is -2.17. The molecule has 4 aromatic rings. The van der Waals surface area contributed by atoms with Crippen molar-refractivity contribution >= 4 is 15.5 Å². The molecule has 0 aliphatic heterocycles. The molecular formula is C22H16N4O3S. The summed E-state index contributed by atoms with van der Waals surface area (Å²) >= 11 is 0. The summed E-state index contributed by atoms with van der Waals surface area (Å²) in [5.74, 6) is 0.277. The maximum atomic E-state index is 13.0. The first-order valence-corrected chi connectivity index (χ1v) is 10.5. The summed E-state index contributed by atoms with van der Waals surface area (Å²) in [6, 6.07) is 17.8. The Bertz CT molecular complexity index is 1410. The molecule has 2 heterocycles. The number of hydrogen-bond donors (Lipinski definition) is 1. The number of aromatic nitrogens is 3. The fraction of sp³-hybridized carbons (Fsp3) is 0.0455. The number of aromatic amines is 1. The SMILES string of the molecule is [C-]#[N+]c1ccc(-c2c(C)[nH]n(-c3ccc(S(=O)(=O)c4ccccc4)cn3)c2=O)cc1. The lowest BCUT2D eigenvalue weighted by molar-refractivity contribution is 0.595. The molecule has 0 aliphatic carbocycles. The van der Waals surface area contributed by atoms with Crippen molar-refractivity contribution in [2.24, 2.45) is 0 Å². The average molecular weight is 416 g/mol. The van der Waals surface area contributed by atoms with E-state index in [2.05, 4.69) is 14.9 Å². The lowest BCUT2D eigenvalue weighted by Gasteiger charge is -2.05. The molecule has 0 radical (unpaired) electrons. The summed E-state index contributed by atoms with van der Waals surface area (Å²) in [5.41, 5.74) is 1.97. The van der Waals surface area contributed by atoms with Crippen molar-refractivity contribution in [3.63, 3.8) is 0 Å². The second-order valence-electron chi connectivity index (χ2n) is 6.58. The number of sulfone groups is 1. The molecule has 2 aromatic carbocycles. The summed E-state index contributed by atoms with van der Waals surface area (Å²) < 4.78 is 26.7. The third-order valence-electron chi connectivity index (χ3n) is 4.67. The number of aryl methyl sites for hydroxylation is 1. The van der Waals surface area contributed by atoms with Gasteiger partial charge in [-0.1, -0.05) is 42.5 Å². The number of pyridine rings is 1. The minimum Gasteiger partial charge on any atom is -0.293 e. The topological polar surface area (TPSA) is 89.2 Å². The molecule has 2 aromatic heterocycles. The number of benzene rings is 2. The number of nitrogens with one attached hydrogen (secondary N) is 1. The molecule has 148 valence electrons. The van der Waals surface area contributed by atoms with E-state index in [4.69, 9.17) is 6.57 Å². The van der Waals surface area contributed by atoms with Crippen molar-refractivity contribution in [1.29, 1.82) is 0 Å². The fourth-order valence-electron chi connectivity index (χ4n) is 3.15. The molecule has 4 rings (SSSR count). The van der Waals surface area contributed by atoms with Gasteiger partial charge in [-0.15, -0.1) is 0 Å². The molecule has 7 nitrogen and oxygen atoms in total. The van der Waals surface area contributed by atoms with Crippen molar-refractivity contribution in [2.45, 2.75) is 16.7 Å². The molecule has 0 saturated heterocycles. The van der Waals surface area contributed by atoms with Crippen LogP contribution < -0.4 is 5.56 Å². The predicted molar refractivity (Wildman–Crippen MR) is 113 cm³/mol. The smallest absolute Gasteiger partial charge is 0.280 e. The van der Waals surface area contributed by atoms with E-state index in [0.29, 0.717) is 22.5 Å². The van der Waals surface area contributed by atoms with Gasteiger partial charge in [0.1, 0.15) is 0 Å². The van der Waals surface area contributed by atoms with E-state index in [-0.39, 0.29) is 21.2 Å². The van der Waals surface area contributed by atoms with Crippen LogP contribution >= 0.6 is 0 Å². The van der Waals surface area contributed by atoms with Gasteiger partial charge in [0.2, 0.25) is 9.84 Å². The Morgan fingerprint density at radius 3 is 2.27 bits per heavy atom. The number of nitrogens with zero attached hydrogens (tertiary/aromatic N) is 3. The zero-order valence-electron chi connectivity index (χ0n) is 15.9. The summed E-state index contributed by atoms with van der Waals surface area (Å²) in [6.45, 7) is 8.81. The van der Waals surface area contributed by atoms with Gasteiger partial charge in [-0.3, -0.25) is 9.89 Å². The molecule has 0 bridgehead atoms. The second kappa shape index (κ2) is 7.46. The highest BCUT2D eigenvalue weighted by molar-refractivity contribution is 7.91. The van der Waals surface area contributed by atoms with Gasteiger partial charge in [-0.05, 0) is 36.8 Å². The third kappa shape index (κ3) is 3.32. The van der Waals surface area contributed by atoms with Gasteiger partial charge in [-0.2, -0.15) is 0 Å². The maximum Gasteiger partial charge on any atom is 0.280 e. The predicted octanol–water partition coefficient (Wildman–Crippen LogP) is 3.92. The Balaban J connectivity index is 1.72. The molecule has 8 heteroatoms. The molecular weight excluding hydrogens is 400 g/mol. The van der Waals surface area contributed by atoms with Crippen molar-refractivity contribution in [3.8, 4) is 16.9 Å². The highest BCUT2D eigenvalue weighted by atomic mass is 32.2. The van der Waals surface area contributed by atoms with Gasteiger partial charge in [0.25, 0.3) is 5.56 Å². The first kappa shape index (κ1) is 19.4. The van der Waals surface area contributed by atoms with Crippen LogP contribution in [-0.4, -0.2) is 23.2 Å². The summed E-state index contributed by atoms with van der Waals surface area (Å²) in [5, 5.41) is 2.98. The molecule has 0 saturated carbocycles. The summed E-state index contributed by atoms with van der Waals surface area (Å²) in [6.07, 6.45) is 1.24. The minimum atomic E-state index is -3.68. The van der Waals surface area contributed by atoms with Gasteiger partial charge >= 0.3 is 0 Å². The molecule has 0 spiro atoms. The monoisotopic (exact) mass is 416 g/mol. The van der Waals surface area contributed by atoms with Crippen LogP contribution in [0.2, 0.25) is 0 Å². The molecule has 0 unspecified atom stereocenters. The van der Waals surface area contributed by atoms with Crippen molar-refractivity contribution < 1.29 is 8.42 Å². The fourth-order valence-corrected chi connectivity index (χ4v) is 4.38. The largest absolute Gasteiger partial charge is 0.293 e. The summed E-state index contributed by atoms with van der Waals surface area (Å²) in [7, 11) is -3.68. The Labute approximate surface area is 173 Å². The standard InChI is InChI=1S/C22H16N4O3S/c1-15-21(16-8-10-17(23-2)11-9-16)22(27)26(25-15)20-13-12-19(14-24-20)30(28,29)18-6-4-3-5-7-18/h3-14,25H,1H3. The molecule has 0 fully saturated rings. The minimum absolute atomic E-state index is 0.0451. The van der Waals surface area contributed by atoms with E-state index in [9.17, 15) is 13.2 Å². The van der Waals surface area contributed by atoms with Gasteiger partial charge < -0.3 is 0 Å². The Hall–Kier alpha value is -3.96. The molecule has 1 N–H and O–H groups in total. The second-order valence-corrected chi connectivity index (χ2v) is 8.53. The van der Waals surface area contributed by atoms with Crippen LogP contribution in [0, 0.1) is 13.5 Å².